The Labute approximate surface area is 150 Å². The van der Waals surface area contributed by atoms with Crippen molar-refractivity contribution in [3.05, 3.63) is 40.6 Å². The third-order valence-electron chi connectivity index (χ3n) is 3.25. The fraction of sp³-hybridized carbons (Fsp3) is 0.267. The number of hydrazine groups is 1. The summed E-state index contributed by atoms with van der Waals surface area (Å²) in [7, 11) is 0. The van der Waals surface area contributed by atoms with Gasteiger partial charge in [0.05, 0.1) is 16.3 Å². The summed E-state index contributed by atoms with van der Waals surface area (Å²) in [5, 5.41) is 2.07. The Bertz CT molecular complexity index is 780. The monoisotopic (exact) mass is 391 g/mol. The third kappa shape index (κ3) is 4.88. The zero-order valence-corrected chi connectivity index (χ0v) is 14.0. The summed E-state index contributed by atoms with van der Waals surface area (Å²) in [6, 6.07) is 2.45. The Morgan fingerprint density at radius 2 is 2.00 bits per heavy atom. The summed E-state index contributed by atoms with van der Waals surface area (Å²) in [4.78, 5) is 34.9. The summed E-state index contributed by atoms with van der Waals surface area (Å²) in [5.74, 6) is -2.14. The molecule has 26 heavy (non-hydrogen) atoms. The highest BCUT2D eigenvalue weighted by atomic mass is 35.5. The minimum Gasteiger partial charge on any atom is -0.448 e. The van der Waals surface area contributed by atoms with Crippen LogP contribution in [0.15, 0.2) is 30.0 Å². The maximum Gasteiger partial charge on any atom is 0.416 e. The van der Waals surface area contributed by atoms with Gasteiger partial charge in [-0.05, 0) is 31.2 Å². The van der Waals surface area contributed by atoms with Crippen molar-refractivity contribution in [2.45, 2.75) is 25.6 Å². The quantitative estimate of drug-likeness (QED) is 0.683. The number of alkyl halides is 3. The minimum atomic E-state index is -4.61. The van der Waals surface area contributed by atoms with Gasteiger partial charge in [-0.15, -0.1) is 0 Å². The summed E-state index contributed by atoms with van der Waals surface area (Å²) in [6.45, 7) is 1.23. The summed E-state index contributed by atoms with van der Waals surface area (Å²) >= 11 is 5.79. The Balaban J connectivity index is 2.03. The molecule has 1 aromatic carbocycles. The van der Waals surface area contributed by atoms with Crippen LogP contribution in [-0.4, -0.2) is 23.9 Å². The fourth-order valence-electron chi connectivity index (χ4n) is 1.88. The van der Waals surface area contributed by atoms with Crippen LogP contribution in [0.3, 0.4) is 0 Å². The van der Waals surface area contributed by atoms with Crippen LogP contribution >= 0.6 is 11.6 Å². The van der Waals surface area contributed by atoms with E-state index in [-0.39, 0.29) is 28.7 Å². The van der Waals surface area contributed by atoms with Gasteiger partial charge in [0, 0.05) is 6.42 Å². The molecule has 0 aliphatic carbocycles. The van der Waals surface area contributed by atoms with Crippen molar-refractivity contribution in [2.75, 3.05) is 5.32 Å². The van der Waals surface area contributed by atoms with Gasteiger partial charge in [0.1, 0.15) is 5.70 Å². The van der Waals surface area contributed by atoms with Gasteiger partial charge in [-0.3, -0.25) is 20.4 Å². The molecule has 0 saturated carbocycles. The number of ether oxygens (including phenoxy) is 1. The van der Waals surface area contributed by atoms with Crippen LogP contribution in [0.25, 0.3) is 0 Å². The first-order chi connectivity index (χ1) is 12.1. The van der Waals surface area contributed by atoms with E-state index in [1.807, 2.05) is 0 Å². The molecule has 2 amide bonds. The van der Waals surface area contributed by atoms with E-state index in [9.17, 15) is 27.6 Å². The molecule has 1 heterocycles. The molecule has 0 spiro atoms. The van der Waals surface area contributed by atoms with Gasteiger partial charge in [0.15, 0.2) is 6.10 Å². The van der Waals surface area contributed by atoms with Crippen LogP contribution < -0.4 is 16.2 Å². The van der Waals surface area contributed by atoms with Crippen LogP contribution in [0.2, 0.25) is 5.02 Å². The average molecular weight is 392 g/mol. The van der Waals surface area contributed by atoms with E-state index in [2.05, 4.69) is 16.2 Å². The first-order valence-electron chi connectivity index (χ1n) is 7.21. The molecule has 2 rings (SSSR count). The molecule has 0 bridgehead atoms. The Kier molecular flexibility index (Phi) is 5.76. The first kappa shape index (κ1) is 19.6. The van der Waals surface area contributed by atoms with Crippen molar-refractivity contribution >= 4 is 35.1 Å². The van der Waals surface area contributed by atoms with Crippen molar-refractivity contribution in [1.82, 2.24) is 10.9 Å². The standard InChI is InChI=1S/C15H13ClF3N3O4/c1-7(26-14(25)10-4-5-12(23)22-21-10)13(24)20-11-6-8(15(17,18)19)2-3-9(11)16/h2-4,6-7,21H,5H2,1H3,(H,20,24)(H,22,23)/t7-/m1/s1. The molecule has 11 heteroatoms. The smallest absolute Gasteiger partial charge is 0.416 e. The Morgan fingerprint density at radius 1 is 1.31 bits per heavy atom. The van der Waals surface area contributed by atoms with Crippen molar-refractivity contribution in [1.29, 1.82) is 0 Å². The second kappa shape index (κ2) is 7.65. The highest BCUT2D eigenvalue weighted by molar-refractivity contribution is 6.33. The molecule has 3 N–H and O–H groups in total. The summed E-state index contributed by atoms with van der Waals surface area (Å²) < 4.78 is 43.1. The lowest BCUT2D eigenvalue weighted by Gasteiger charge is -2.18. The third-order valence-corrected chi connectivity index (χ3v) is 3.58. The number of hydrogen-bond acceptors (Lipinski definition) is 5. The number of amides is 2. The molecule has 0 unspecified atom stereocenters. The SMILES string of the molecule is C[C@@H](OC(=O)C1=CCC(=O)NN1)C(=O)Nc1cc(C(F)(F)F)ccc1Cl. The number of halogens is 4. The molecule has 1 aromatic rings. The Morgan fingerprint density at radius 3 is 2.58 bits per heavy atom. The van der Waals surface area contributed by atoms with Gasteiger partial charge in [0.2, 0.25) is 5.91 Å². The van der Waals surface area contributed by atoms with Gasteiger partial charge in [-0.2, -0.15) is 13.2 Å². The predicted octanol–water partition coefficient (Wildman–Crippen LogP) is 2.14. The van der Waals surface area contributed by atoms with Crippen LogP contribution in [-0.2, 0) is 25.3 Å². The summed E-state index contributed by atoms with van der Waals surface area (Å²) in [5.41, 5.74) is 3.18. The lowest BCUT2D eigenvalue weighted by molar-refractivity contribution is -0.149. The van der Waals surface area contributed by atoms with Gasteiger partial charge < -0.3 is 10.1 Å². The van der Waals surface area contributed by atoms with E-state index in [1.54, 1.807) is 0 Å². The molecule has 7 nitrogen and oxygen atoms in total. The molecular formula is C15H13ClF3N3O4. The van der Waals surface area contributed by atoms with Crippen LogP contribution in [0.5, 0.6) is 0 Å². The van der Waals surface area contributed by atoms with Gasteiger partial charge >= 0.3 is 12.1 Å². The first-order valence-corrected chi connectivity index (χ1v) is 7.59. The second-order valence-corrected chi connectivity index (χ2v) is 5.63. The maximum absolute atomic E-state index is 12.7. The van der Waals surface area contributed by atoms with Gasteiger partial charge in [-0.25, -0.2) is 4.79 Å². The van der Waals surface area contributed by atoms with Crippen molar-refractivity contribution in [2.24, 2.45) is 0 Å². The molecule has 140 valence electrons. The number of carbonyl (C=O) groups excluding carboxylic acids is 3. The highest BCUT2D eigenvalue weighted by Crippen LogP contribution is 2.33. The van der Waals surface area contributed by atoms with Crippen LogP contribution in [0.4, 0.5) is 18.9 Å². The van der Waals surface area contributed by atoms with E-state index >= 15 is 0 Å². The van der Waals surface area contributed by atoms with Crippen LogP contribution in [0, 0.1) is 0 Å². The second-order valence-electron chi connectivity index (χ2n) is 5.22. The Hall–Kier alpha value is -2.75. The molecule has 1 aliphatic rings. The van der Waals surface area contributed by atoms with Crippen molar-refractivity contribution in [3.8, 4) is 0 Å². The molecule has 0 radical (unpaired) electrons. The van der Waals surface area contributed by atoms with E-state index in [1.165, 1.54) is 13.0 Å². The zero-order valence-electron chi connectivity index (χ0n) is 13.2. The molecule has 0 aromatic heterocycles. The van der Waals surface area contributed by atoms with Gasteiger partial charge in [-0.1, -0.05) is 11.6 Å². The fourth-order valence-corrected chi connectivity index (χ4v) is 2.04. The number of benzene rings is 1. The average Bonchev–Trinajstić information content (AvgIpc) is 2.56. The van der Waals surface area contributed by atoms with E-state index in [4.69, 9.17) is 16.3 Å². The number of hydrogen-bond donors (Lipinski definition) is 3. The lowest BCUT2D eigenvalue weighted by Crippen LogP contribution is -2.43. The summed E-state index contributed by atoms with van der Waals surface area (Å²) in [6.07, 6.45) is -4.70. The number of esters is 1. The van der Waals surface area contributed by atoms with Crippen LogP contribution in [0.1, 0.15) is 18.9 Å². The maximum atomic E-state index is 12.7. The number of nitrogens with one attached hydrogen (secondary N) is 3. The molecule has 1 atom stereocenters. The number of rotatable bonds is 4. The van der Waals surface area contributed by atoms with E-state index in [0.717, 1.165) is 12.1 Å². The molecule has 0 fully saturated rings. The number of anilines is 1. The van der Waals surface area contributed by atoms with Crippen molar-refractivity contribution in [3.63, 3.8) is 0 Å². The number of carbonyl (C=O) groups is 3. The van der Waals surface area contributed by atoms with Crippen molar-refractivity contribution < 1.29 is 32.3 Å². The largest absolute Gasteiger partial charge is 0.448 e. The predicted molar refractivity (Wildman–Crippen MR) is 84.6 cm³/mol. The minimum absolute atomic E-state index is 0.0438. The van der Waals surface area contributed by atoms with Gasteiger partial charge in [0.25, 0.3) is 5.91 Å². The molecular weight excluding hydrogens is 379 g/mol. The van der Waals surface area contributed by atoms with E-state index in [0.29, 0.717) is 6.07 Å². The molecule has 0 saturated heterocycles. The normalized spacial score (nSPS) is 15.3. The highest BCUT2D eigenvalue weighted by Gasteiger charge is 2.31. The lowest BCUT2D eigenvalue weighted by atomic mass is 10.2. The van der Waals surface area contributed by atoms with E-state index < -0.39 is 29.7 Å². The zero-order chi connectivity index (χ0) is 19.5. The molecule has 1 aliphatic heterocycles. The topological polar surface area (TPSA) is 96.5 Å².